The number of esters is 1. The molecule has 1 heterocycles. The summed E-state index contributed by atoms with van der Waals surface area (Å²) in [5, 5.41) is 2.73. The van der Waals surface area contributed by atoms with Gasteiger partial charge < -0.3 is 10.1 Å². The third-order valence-corrected chi connectivity index (χ3v) is 5.17. The zero-order chi connectivity index (χ0) is 18.9. The molecule has 0 bridgehead atoms. The predicted molar refractivity (Wildman–Crippen MR) is 96.4 cm³/mol. The minimum Gasteiger partial charge on any atom is -0.423 e. The average Bonchev–Trinajstić information content (AvgIpc) is 3.00. The maximum Gasteiger partial charge on any atom is 0.343 e. The Labute approximate surface area is 151 Å². The highest BCUT2D eigenvalue weighted by Crippen LogP contribution is 2.24. The number of sulfone groups is 1. The van der Waals surface area contributed by atoms with Gasteiger partial charge in [0.05, 0.1) is 10.5 Å². The van der Waals surface area contributed by atoms with Crippen LogP contribution in [-0.4, -0.2) is 39.8 Å². The zero-order valence-corrected chi connectivity index (χ0v) is 15.2. The summed E-state index contributed by atoms with van der Waals surface area (Å²) < 4.78 is 28.2. The first-order valence-corrected chi connectivity index (χ1v) is 9.83. The summed E-state index contributed by atoms with van der Waals surface area (Å²) in [7, 11) is -3.30. The molecule has 1 saturated heterocycles. The van der Waals surface area contributed by atoms with Gasteiger partial charge in [0.2, 0.25) is 0 Å². The Morgan fingerprint density at radius 2 is 1.85 bits per heavy atom. The largest absolute Gasteiger partial charge is 0.423 e. The summed E-state index contributed by atoms with van der Waals surface area (Å²) in [6.07, 6.45) is 1.11. The van der Waals surface area contributed by atoms with Gasteiger partial charge in [-0.1, -0.05) is 0 Å². The fourth-order valence-electron chi connectivity index (χ4n) is 2.71. The Kier molecular flexibility index (Phi) is 4.69. The lowest BCUT2D eigenvalue weighted by Crippen LogP contribution is -2.28. The van der Waals surface area contributed by atoms with Crippen LogP contribution in [0.15, 0.2) is 47.4 Å². The van der Waals surface area contributed by atoms with E-state index in [1.165, 1.54) is 24.3 Å². The van der Waals surface area contributed by atoms with E-state index >= 15 is 0 Å². The van der Waals surface area contributed by atoms with Gasteiger partial charge in [-0.2, -0.15) is 0 Å². The van der Waals surface area contributed by atoms with Crippen molar-refractivity contribution < 1.29 is 22.7 Å². The molecule has 0 radical (unpaired) electrons. The number of aryl methyl sites for hydroxylation is 1. The lowest BCUT2D eigenvalue weighted by atomic mass is 10.1. The highest BCUT2D eigenvalue weighted by atomic mass is 32.2. The first-order valence-electron chi connectivity index (χ1n) is 7.94. The molecule has 1 aliphatic rings. The van der Waals surface area contributed by atoms with Gasteiger partial charge in [0.25, 0.3) is 0 Å². The van der Waals surface area contributed by atoms with E-state index in [0.29, 0.717) is 18.7 Å². The number of hydrogen-bond acceptors (Lipinski definition) is 5. The van der Waals surface area contributed by atoms with Crippen molar-refractivity contribution in [2.24, 2.45) is 0 Å². The Bertz CT molecular complexity index is 968. The second kappa shape index (κ2) is 6.80. The number of nitrogens with zero attached hydrogens (tertiary/aromatic N) is 1. The summed E-state index contributed by atoms with van der Waals surface area (Å²) in [5.74, 6) is -0.305. The molecule has 1 aliphatic heterocycles. The number of ether oxygens (including phenoxy) is 1. The van der Waals surface area contributed by atoms with Crippen molar-refractivity contribution >= 4 is 27.5 Å². The van der Waals surface area contributed by atoms with Crippen molar-refractivity contribution in [3.05, 3.63) is 53.6 Å². The van der Waals surface area contributed by atoms with E-state index in [1.54, 1.807) is 23.1 Å². The van der Waals surface area contributed by atoms with E-state index in [2.05, 4.69) is 5.32 Å². The average molecular weight is 374 g/mol. The number of benzene rings is 2. The molecule has 2 aromatic carbocycles. The van der Waals surface area contributed by atoms with Crippen molar-refractivity contribution in [1.82, 2.24) is 5.32 Å². The number of amides is 2. The molecule has 26 heavy (non-hydrogen) atoms. The Morgan fingerprint density at radius 1 is 1.15 bits per heavy atom. The topological polar surface area (TPSA) is 92.8 Å². The van der Waals surface area contributed by atoms with Crippen LogP contribution in [0.5, 0.6) is 5.75 Å². The second-order valence-corrected chi connectivity index (χ2v) is 8.03. The minimum absolute atomic E-state index is 0.154. The van der Waals surface area contributed by atoms with Crippen LogP contribution in [0.3, 0.4) is 0 Å². The van der Waals surface area contributed by atoms with Crippen LogP contribution in [-0.2, 0) is 9.84 Å². The lowest BCUT2D eigenvalue weighted by molar-refractivity contribution is 0.0734. The van der Waals surface area contributed by atoms with Crippen molar-refractivity contribution in [3.63, 3.8) is 0 Å². The van der Waals surface area contributed by atoms with Gasteiger partial charge in [-0.15, -0.1) is 0 Å². The summed E-state index contributed by atoms with van der Waals surface area (Å²) in [6, 6.07) is 10.5. The Morgan fingerprint density at radius 3 is 2.38 bits per heavy atom. The first kappa shape index (κ1) is 17.9. The molecule has 2 amide bonds. The number of hydrogen-bond donors (Lipinski definition) is 1. The summed E-state index contributed by atoms with van der Waals surface area (Å²) in [6.45, 7) is 2.99. The quantitative estimate of drug-likeness (QED) is 0.654. The highest BCUT2D eigenvalue weighted by molar-refractivity contribution is 7.90. The molecular formula is C18H18N2O5S. The molecule has 1 fully saturated rings. The van der Waals surface area contributed by atoms with Crippen LogP contribution in [0.2, 0.25) is 0 Å². The maximum absolute atomic E-state index is 12.3. The molecule has 0 spiro atoms. The minimum atomic E-state index is -3.30. The van der Waals surface area contributed by atoms with E-state index in [1.807, 2.05) is 6.92 Å². The lowest BCUT2D eigenvalue weighted by Gasteiger charge is -2.17. The normalized spacial score (nSPS) is 14.2. The van der Waals surface area contributed by atoms with Crippen molar-refractivity contribution in [1.29, 1.82) is 0 Å². The number of anilines is 1. The summed E-state index contributed by atoms with van der Waals surface area (Å²) in [4.78, 5) is 25.9. The molecule has 2 aromatic rings. The molecule has 0 saturated carbocycles. The van der Waals surface area contributed by atoms with Gasteiger partial charge in [0.15, 0.2) is 9.84 Å². The van der Waals surface area contributed by atoms with Crippen LogP contribution >= 0.6 is 0 Å². The van der Waals surface area contributed by atoms with Gasteiger partial charge in [0.1, 0.15) is 5.75 Å². The van der Waals surface area contributed by atoms with Gasteiger partial charge in [-0.05, 0) is 55.0 Å². The molecule has 0 unspecified atom stereocenters. The molecule has 7 nitrogen and oxygen atoms in total. The van der Waals surface area contributed by atoms with Crippen molar-refractivity contribution in [2.45, 2.75) is 11.8 Å². The maximum atomic E-state index is 12.3. The fraction of sp³-hybridized carbons (Fsp3) is 0.222. The molecule has 3 rings (SSSR count). The van der Waals surface area contributed by atoms with Crippen LogP contribution in [0.4, 0.5) is 10.5 Å². The summed E-state index contributed by atoms with van der Waals surface area (Å²) in [5.41, 5.74) is 1.87. The zero-order valence-electron chi connectivity index (χ0n) is 14.4. The Balaban J connectivity index is 1.76. The van der Waals surface area contributed by atoms with E-state index in [-0.39, 0.29) is 16.7 Å². The molecule has 1 N–H and O–H groups in total. The van der Waals surface area contributed by atoms with Crippen LogP contribution in [0.25, 0.3) is 0 Å². The van der Waals surface area contributed by atoms with E-state index in [4.69, 9.17) is 4.74 Å². The third-order valence-electron chi connectivity index (χ3n) is 4.04. The van der Waals surface area contributed by atoms with Crippen molar-refractivity contribution in [2.75, 3.05) is 24.2 Å². The molecule has 0 atom stereocenters. The van der Waals surface area contributed by atoms with E-state index in [0.717, 1.165) is 17.5 Å². The van der Waals surface area contributed by atoms with Crippen molar-refractivity contribution in [3.8, 4) is 5.75 Å². The summed E-state index contributed by atoms with van der Waals surface area (Å²) >= 11 is 0. The molecular weight excluding hydrogens is 356 g/mol. The molecule has 0 aliphatic carbocycles. The number of carbonyl (C=O) groups is 2. The number of rotatable bonds is 4. The fourth-order valence-corrected chi connectivity index (χ4v) is 3.34. The predicted octanol–water partition coefficient (Wildman–Crippen LogP) is 2.15. The van der Waals surface area contributed by atoms with Gasteiger partial charge in [0, 0.05) is 25.0 Å². The highest BCUT2D eigenvalue weighted by Gasteiger charge is 2.23. The smallest absolute Gasteiger partial charge is 0.343 e. The van der Waals surface area contributed by atoms with Crippen LogP contribution in [0, 0.1) is 6.92 Å². The van der Waals surface area contributed by atoms with Crippen LogP contribution < -0.4 is 15.0 Å². The standard InChI is InChI=1S/C18H18N2O5S/c1-12-11-13(3-8-16(12)20-10-9-19-18(20)22)17(21)25-14-4-6-15(7-5-14)26(2,23)24/h3-8,11H,9-10H2,1-2H3,(H,19,22). The van der Waals surface area contributed by atoms with Gasteiger partial charge in [-0.3, -0.25) is 4.90 Å². The van der Waals surface area contributed by atoms with Gasteiger partial charge in [-0.25, -0.2) is 18.0 Å². The molecule has 0 aromatic heterocycles. The van der Waals surface area contributed by atoms with E-state index in [9.17, 15) is 18.0 Å². The molecule has 136 valence electrons. The van der Waals surface area contributed by atoms with Gasteiger partial charge >= 0.3 is 12.0 Å². The van der Waals surface area contributed by atoms with Crippen LogP contribution in [0.1, 0.15) is 15.9 Å². The monoisotopic (exact) mass is 374 g/mol. The molecule has 8 heteroatoms. The Hall–Kier alpha value is -2.87. The van der Waals surface area contributed by atoms with E-state index < -0.39 is 15.8 Å². The number of urea groups is 1. The SMILES string of the molecule is Cc1cc(C(=O)Oc2ccc(S(C)(=O)=O)cc2)ccc1N1CCNC1=O. The first-order chi connectivity index (χ1) is 12.3. The number of nitrogens with one attached hydrogen (secondary N) is 1. The number of carbonyl (C=O) groups excluding carboxylic acids is 2. The second-order valence-electron chi connectivity index (χ2n) is 6.02. The third kappa shape index (κ3) is 3.70.